The van der Waals surface area contributed by atoms with Crippen LogP contribution >= 0.6 is 0 Å². The van der Waals surface area contributed by atoms with Crippen LogP contribution in [0.5, 0.6) is 0 Å². The van der Waals surface area contributed by atoms with E-state index >= 15 is 0 Å². The number of fused-ring (bicyclic) bond motifs is 1. The van der Waals surface area contributed by atoms with Crippen molar-refractivity contribution in [1.82, 2.24) is 5.32 Å². The molecule has 0 radical (unpaired) electrons. The molecule has 2 fully saturated rings. The summed E-state index contributed by atoms with van der Waals surface area (Å²) < 4.78 is 17.8. The second-order valence-corrected chi connectivity index (χ2v) is 5.85. The van der Waals surface area contributed by atoms with Gasteiger partial charge in [-0.3, -0.25) is 0 Å². The number of unbranched alkanes of at least 4 members (excludes halogenated alkanes) is 1. The molecule has 0 saturated carbocycles. The molecule has 0 aliphatic carbocycles. The van der Waals surface area contributed by atoms with E-state index in [1.165, 1.54) is 18.4 Å². The van der Waals surface area contributed by atoms with Crippen LogP contribution in [0.4, 0.5) is 0 Å². The molecule has 4 atom stereocenters. The Morgan fingerprint density at radius 3 is 2.76 bits per heavy atom. The van der Waals surface area contributed by atoms with Crippen molar-refractivity contribution < 1.29 is 14.2 Å². The molecule has 0 unspecified atom stereocenters. The lowest BCUT2D eigenvalue weighted by atomic mass is 10.1. The van der Waals surface area contributed by atoms with E-state index in [0.717, 1.165) is 13.2 Å². The van der Waals surface area contributed by atoms with Crippen LogP contribution in [0.25, 0.3) is 0 Å². The molecule has 1 aromatic rings. The van der Waals surface area contributed by atoms with Crippen LogP contribution in [0.1, 0.15) is 25.3 Å². The molecule has 4 heteroatoms. The highest BCUT2D eigenvalue weighted by Crippen LogP contribution is 2.29. The summed E-state index contributed by atoms with van der Waals surface area (Å²) in [5.74, 6) is 0. The lowest BCUT2D eigenvalue weighted by Crippen LogP contribution is -2.41. The second-order valence-electron chi connectivity index (χ2n) is 5.85. The molecule has 3 rings (SSSR count). The molecular formula is C17H25NO3. The Labute approximate surface area is 126 Å². The third-order valence-corrected chi connectivity index (χ3v) is 4.25. The van der Waals surface area contributed by atoms with Crippen molar-refractivity contribution in [1.29, 1.82) is 0 Å². The van der Waals surface area contributed by atoms with Crippen LogP contribution < -0.4 is 5.32 Å². The van der Waals surface area contributed by atoms with Crippen LogP contribution in [0.3, 0.4) is 0 Å². The van der Waals surface area contributed by atoms with Gasteiger partial charge < -0.3 is 19.5 Å². The predicted molar refractivity (Wildman–Crippen MR) is 81.2 cm³/mol. The largest absolute Gasteiger partial charge is 0.371 e. The molecule has 4 nitrogen and oxygen atoms in total. The van der Waals surface area contributed by atoms with E-state index in [0.29, 0.717) is 19.3 Å². The van der Waals surface area contributed by atoms with Gasteiger partial charge in [0.15, 0.2) is 0 Å². The Hall–Kier alpha value is -0.940. The lowest BCUT2D eigenvalue weighted by molar-refractivity contribution is -0.0393. The van der Waals surface area contributed by atoms with Gasteiger partial charge in [-0.25, -0.2) is 0 Å². The zero-order valence-electron chi connectivity index (χ0n) is 12.7. The van der Waals surface area contributed by atoms with Gasteiger partial charge in [-0.1, -0.05) is 43.7 Å². The van der Waals surface area contributed by atoms with Crippen molar-refractivity contribution in [2.75, 3.05) is 19.8 Å². The quantitative estimate of drug-likeness (QED) is 0.781. The SMILES string of the molecule is CCCCN[C@@H]1CO[C@H]2[C@@H]1OC[C@H]2OCc1ccccc1. The monoisotopic (exact) mass is 291 g/mol. The number of benzene rings is 1. The molecule has 1 N–H and O–H groups in total. The number of ether oxygens (including phenoxy) is 3. The Bertz CT molecular complexity index is 425. The molecular weight excluding hydrogens is 266 g/mol. The van der Waals surface area contributed by atoms with E-state index in [9.17, 15) is 0 Å². The first-order valence-electron chi connectivity index (χ1n) is 8.00. The standard InChI is InChI=1S/C17H25NO3/c1-2-3-9-18-14-11-20-17-15(12-21-16(14)17)19-10-13-7-5-4-6-8-13/h4-8,14-18H,2-3,9-12H2,1H3/t14-,15-,16-,17-/m1/s1. The summed E-state index contributed by atoms with van der Waals surface area (Å²) >= 11 is 0. The summed E-state index contributed by atoms with van der Waals surface area (Å²) in [6.45, 7) is 5.22. The fourth-order valence-corrected chi connectivity index (χ4v) is 3.02. The van der Waals surface area contributed by atoms with E-state index in [1.807, 2.05) is 18.2 Å². The minimum atomic E-state index is 0.0492. The molecule has 1 aromatic carbocycles. The zero-order valence-corrected chi connectivity index (χ0v) is 12.7. The fraction of sp³-hybridized carbons (Fsp3) is 0.647. The number of rotatable bonds is 7. The minimum Gasteiger partial charge on any atom is -0.371 e. The van der Waals surface area contributed by atoms with Gasteiger partial charge >= 0.3 is 0 Å². The number of nitrogens with one attached hydrogen (secondary N) is 1. The van der Waals surface area contributed by atoms with Gasteiger partial charge in [-0.15, -0.1) is 0 Å². The Balaban J connectivity index is 1.47. The van der Waals surface area contributed by atoms with Crippen LogP contribution in [0.2, 0.25) is 0 Å². The molecule has 21 heavy (non-hydrogen) atoms. The number of hydrogen-bond donors (Lipinski definition) is 1. The Morgan fingerprint density at radius 1 is 1.14 bits per heavy atom. The van der Waals surface area contributed by atoms with Gasteiger partial charge in [0, 0.05) is 0 Å². The lowest BCUT2D eigenvalue weighted by Gasteiger charge is -2.18. The summed E-state index contributed by atoms with van der Waals surface area (Å²) in [6, 6.07) is 10.6. The van der Waals surface area contributed by atoms with E-state index in [-0.39, 0.29) is 18.3 Å². The first-order valence-corrected chi connectivity index (χ1v) is 8.00. The van der Waals surface area contributed by atoms with Crippen LogP contribution in [-0.4, -0.2) is 44.1 Å². The van der Waals surface area contributed by atoms with Crippen molar-refractivity contribution >= 4 is 0 Å². The minimum absolute atomic E-state index is 0.0492. The van der Waals surface area contributed by atoms with Crippen molar-refractivity contribution in [2.45, 2.75) is 50.7 Å². The van der Waals surface area contributed by atoms with Gasteiger partial charge in [0.1, 0.15) is 18.3 Å². The topological polar surface area (TPSA) is 39.7 Å². The van der Waals surface area contributed by atoms with Crippen molar-refractivity contribution in [3.8, 4) is 0 Å². The molecule has 116 valence electrons. The van der Waals surface area contributed by atoms with Gasteiger partial charge in [-0.2, -0.15) is 0 Å². The summed E-state index contributed by atoms with van der Waals surface area (Å²) in [4.78, 5) is 0. The molecule has 0 spiro atoms. The summed E-state index contributed by atoms with van der Waals surface area (Å²) in [7, 11) is 0. The maximum absolute atomic E-state index is 6.00. The average molecular weight is 291 g/mol. The fourth-order valence-electron chi connectivity index (χ4n) is 3.02. The van der Waals surface area contributed by atoms with Crippen molar-refractivity contribution in [2.24, 2.45) is 0 Å². The van der Waals surface area contributed by atoms with Crippen LogP contribution in [0, 0.1) is 0 Å². The smallest absolute Gasteiger partial charge is 0.114 e. The van der Waals surface area contributed by atoms with Crippen molar-refractivity contribution in [3.05, 3.63) is 35.9 Å². The third-order valence-electron chi connectivity index (χ3n) is 4.25. The Morgan fingerprint density at radius 2 is 1.95 bits per heavy atom. The second kappa shape index (κ2) is 7.36. The summed E-state index contributed by atoms with van der Waals surface area (Å²) in [5.41, 5.74) is 1.19. The van der Waals surface area contributed by atoms with E-state index < -0.39 is 0 Å². The predicted octanol–water partition coefficient (Wildman–Crippen LogP) is 2.13. The molecule has 2 heterocycles. The molecule has 2 saturated heterocycles. The van der Waals surface area contributed by atoms with E-state index in [2.05, 4.69) is 24.4 Å². The maximum Gasteiger partial charge on any atom is 0.114 e. The van der Waals surface area contributed by atoms with E-state index in [4.69, 9.17) is 14.2 Å². The Kier molecular flexibility index (Phi) is 5.25. The van der Waals surface area contributed by atoms with Crippen LogP contribution in [0.15, 0.2) is 30.3 Å². The highest BCUT2D eigenvalue weighted by atomic mass is 16.6. The summed E-state index contributed by atoms with van der Waals surface area (Å²) in [5, 5.41) is 3.54. The molecule has 0 bridgehead atoms. The average Bonchev–Trinajstić information content (AvgIpc) is 3.09. The molecule has 0 amide bonds. The highest BCUT2D eigenvalue weighted by molar-refractivity contribution is 5.13. The van der Waals surface area contributed by atoms with Gasteiger partial charge in [-0.05, 0) is 18.5 Å². The number of hydrogen-bond acceptors (Lipinski definition) is 4. The molecule has 0 aromatic heterocycles. The van der Waals surface area contributed by atoms with Crippen LogP contribution in [-0.2, 0) is 20.8 Å². The maximum atomic E-state index is 6.00. The van der Waals surface area contributed by atoms with Gasteiger partial charge in [0.2, 0.25) is 0 Å². The van der Waals surface area contributed by atoms with E-state index in [1.54, 1.807) is 0 Å². The first-order chi connectivity index (χ1) is 10.4. The normalized spacial score (nSPS) is 31.5. The third kappa shape index (κ3) is 3.64. The van der Waals surface area contributed by atoms with Gasteiger partial charge in [0.05, 0.1) is 25.9 Å². The van der Waals surface area contributed by atoms with Crippen molar-refractivity contribution in [3.63, 3.8) is 0 Å². The van der Waals surface area contributed by atoms with Gasteiger partial charge in [0.25, 0.3) is 0 Å². The summed E-state index contributed by atoms with van der Waals surface area (Å²) in [6.07, 6.45) is 2.67. The molecule has 2 aliphatic rings. The zero-order chi connectivity index (χ0) is 14.5. The first kappa shape index (κ1) is 15.0. The highest BCUT2D eigenvalue weighted by Gasteiger charge is 2.47. The molecule has 2 aliphatic heterocycles.